The largest absolute Gasteiger partial charge is 0.435 e. The lowest BCUT2D eigenvalue weighted by Crippen LogP contribution is -2.38. The summed E-state index contributed by atoms with van der Waals surface area (Å²) in [5.41, 5.74) is 0.395. The number of alkyl halides is 2. The highest BCUT2D eigenvalue weighted by Crippen LogP contribution is 2.19. The molecule has 2 N–H and O–H groups in total. The summed E-state index contributed by atoms with van der Waals surface area (Å²) < 4.78 is 28.4. The van der Waals surface area contributed by atoms with Crippen LogP contribution in [0.2, 0.25) is 0 Å². The van der Waals surface area contributed by atoms with Crippen LogP contribution in [0.1, 0.15) is 20.8 Å². The van der Waals surface area contributed by atoms with Crippen molar-refractivity contribution in [1.82, 2.24) is 5.32 Å². The average Bonchev–Trinajstić information content (AvgIpc) is 2.27. The summed E-state index contributed by atoms with van der Waals surface area (Å²) in [5, 5.41) is 5.32. The van der Waals surface area contributed by atoms with Crippen LogP contribution in [-0.2, 0) is 0 Å². The molecule has 1 aromatic rings. The van der Waals surface area contributed by atoms with Crippen LogP contribution < -0.4 is 15.4 Å². The molecule has 0 aliphatic carbocycles. The zero-order chi connectivity index (χ0) is 14.4. The predicted octanol–water partition coefficient (Wildman–Crippen LogP) is 3.45. The average molecular weight is 272 g/mol. The number of hydrogen-bond acceptors (Lipinski definition) is 2. The maximum absolute atomic E-state index is 12.1. The van der Waals surface area contributed by atoms with Crippen molar-refractivity contribution in [1.29, 1.82) is 0 Å². The van der Waals surface area contributed by atoms with E-state index in [1.54, 1.807) is 6.07 Å². The summed E-state index contributed by atoms with van der Waals surface area (Å²) in [6.45, 7) is 2.98. The Kier molecular flexibility index (Phi) is 5.54. The maximum Gasteiger partial charge on any atom is 0.387 e. The van der Waals surface area contributed by atoms with Crippen LogP contribution in [0.15, 0.2) is 24.3 Å². The molecule has 0 saturated heterocycles. The van der Waals surface area contributed by atoms with Crippen molar-refractivity contribution in [3.63, 3.8) is 0 Å². The van der Waals surface area contributed by atoms with Crippen molar-refractivity contribution in [2.24, 2.45) is 5.92 Å². The Bertz CT molecular complexity index is 425. The zero-order valence-corrected chi connectivity index (χ0v) is 11.1. The lowest BCUT2D eigenvalue weighted by atomic mass is 10.1. The second-order valence-corrected chi connectivity index (χ2v) is 4.54. The maximum atomic E-state index is 12.1. The summed E-state index contributed by atoms with van der Waals surface area (Å²) >= 11 is 0. The Morgan fingerprint density at radius 1 is 1.26 bits per heavy atom. The number of anilines is 1. The number of amides is 2. The summed E-state index contributed by atoms with van der Waals surface area (Å²) in [5.74, 6) is 0.309. The number of hydrogen-bond donors (Lipinski definition) is 2. The molecule has 0 aromatic heterocycles. The van der Waals surface area contributed by atoms with E-state index in [4.69, 9.17) is 0 Å². The molecule has 19 heavy (non-hydrogen) atoms. The fraction of sp³-hybridized carbons (Fsp3) is 0.462. The van der Waals surface area contributed by atoms with Crippen LogP contribution in [0.25, 0.3) is 0 Å². The first-order valence-electron chi connectivity index (χ1n) is 6.01. The van der Waals surface area contributed by atoms with Gasteiger partial charge in [0.25, 0.3) is 0 Å². The Morgan fingerprint density at radius 2 is 1.95 bits per heavy atom. The molecule has 1 rings (SSSR count). The number of rotatable bonds is 5. The molecule has 106 valence electrons. The fourth-order valence-electron chi connectivity index (χ4n) is 1.29. The lowest BCUT2D eigenvalue weighted by Gasteiger charge is -2.18. The molecule has 1 atom stereocenters. The third kappa shape index (κ3) is 5.54. The first-order valence-corrected chi connectivity index (χ1v) is 6.01. The molecule has 0 saturated carbocycles. The van der Waals surface area contributed by atoms with Crippen LogP contribution >= 0.6 is 0 Å². The summed E-state index contributed by atoms with van der Waals surface area (Å²) in [7, 11) is 0. The zero-order valence-electron chi connectivity index (χ0n) is 11.1. The van der Waals surface area contributed by atoms with Gasteiger partial charge in [-0.1, -0.05) is 19.9 Å². The minimum atomic E-state index is -2.88. The molecule has 0 fully saturated rings. The lowest BCUT2D eigenvalue weighted by molar-refractivity contribution is -0.0497. The van der Waals surface area contributed by atoms with E-state index in [-0.39, 0.29) is 17.8 Å². The van der Waals surface area contributed by atoms with Gasteiger partial charge in [-0.2, -0.15) is 8.78 Å². The van der Waals surface area contributed by atoms with Crippen molar-refractivity contribution in [2.45, 2.75) is 33.4 Å². The third-order valence-corrected chi connectivity index (χ3v) is 2.68. The number of halogens is 2. The Balaban J connectivity index is 2.59. The van der Waals surface area contributed by atoms with Gasteiger partial charge in [-0.3, -0.25) is 0 Å². The van der Waals surface area contributed by atoms with Gasteiger partial charge in [0.15, 0.2) is 0 Å². The van der Waals surface area contributed by atoms with E-state index >= 15 is 0 Å². The topological polar surface area (TPSA) is 50.4 Å². The van der Waals surface area contributed by atoms with Gasteiger partial charge in [-0.15, -0.1) is 0 Å². The molecule has 2 amide bonds. The molecular formula is C13H18F2N2O2. The molecule has 0 radical (unpaired) electrons. The van der Waals surface area contributed by atoms with Gasteiger partial charge in [0.2, 0.25) is 0 Å². The minimum absolute atomic E-state index is 0.00436. The molecule has 1 aromatic carbocycles. The summed E-state index contributed by atoms with van der Waals surface area (Å²) in [4.78, 5) is 11.6. The van der Waals surface area contributed by atoms with Gasteiger partial charge in [0, 0.05) is 17.8 Å². The summed E-state index contributed by atoms with van der Waals surface area (Å²) in [6, 6.07) is 5.49. The van der Waals surface area contributed by atoms with E-state index in [1.807, 2.05) is 20.8 Å². The molecular weight excluding hydrogens is 254 g/mol. The Morgan fingerprint density at radius 3 is 2.53 bits per heavy atom. The van der Waals surface area contributed by atoms with E-state index in [0.717, 1.165) is 0 Å². The molecule has 0 aliphatic rings. The Hall–Kier alpha value is -1.85. The number of nitrogens with one attached hydrogen (secondary N) is 2. The van der Waals surface area contributed by atoms with Crippen LogP contribution in [0.5, 0.6) is 5.75 Å². The van der Waals surface area contributed by atoms with Crippen molar-refractivity contribution < 1.29 is 18.3 Å². The minimum Gasteiger partial charge on any atom is -0.435 e. The Labute approximate surface area is 111 Å². The standard InChI is InChI=1S/C13H18F2N2O2/c1-8(2)9(3)16-13(18)17-10-5-4-6-11(7-10)19-12(14)15/h4-9,12H,1-3H3,(H2,16,17,18). The van der Waals surface area contributed by atoms with Gasteiger partial charge in [-0.05, 0) is 25.0 Å². The number of benzene rings is 1. The molecule has 0 heterocycles. The summed E-state index contributed by atoms with van der Waals surface area (Å²) in [6.07, 6.45) is 0. The van der Waals surface area contributed by atoms with Gasteiger partial charge in [-0.25, -0.2) is 4.79 Å². The van der Waals surface area contributed by atoms with Gasteiger partial charge in [0.1, 0.15) is 5.75 Å². The van der Waals surface area contributed by atoms with Gasteiger partial charge < -0.3 is 15.4 Å². The fourth-order valence-corrected chi connectivity index (χ4v) is 1.29. The number of carbonyl (C=O) groups is 1. The smallest absolute Gasteiger partial charge is 0.387 e. The van der Waals surface area contributed by atoms with Crippen LogP contribution in [-0.4, -0.2) is 18.7 Å². The van der Waals surface area contributed by atoms with Crippen LogP contribution in [0, 0.1) is 5.92 Å². The molecule has 0 bridgehead atoms. The highest BCUT2D eigenvalue weighted by Gasteiger charge is 2.11. The monoisotopic (exact) mass is 272 g/mol. The van der Waals surface area contributed by atoms with E-state index < -0.39 is 6.61 Å². The second-order valence-electron chi connectivity index (χ2n) is 4.54. The van der Waals surface area contributed by atoms with Crippen LogP contribution in [0.4, 0.5) is 19.3 Å². The van der Waals surface area contributed by atoms with E-state index in [0.29, 0.717) is 11.6 Å². The van der Waals surface area contributed by atoms with Crippen molar-refractivity contribution in [3.8, 4) is 5.75 Å². The molecule has 6 heteroatoms. The van der Waals surface area contributed by atoms with Crippen molar-refractivity contribution >= 4 is 11.7 Å². The number of carbonyl (C=O) groups excluding carboxylic acids is 1. The van der Waals surface area contributed by atoms with Crippen molar-refractivity contribution in [3.05, 3.63) is 24.3 Å². The highest BCUT2D eigenvalue weighted by molar-refractivity contribution is 5.89. The van der Waals surface area contributed by atoms with Crippen LogP contribution in [0.3, 0.4) is 0 Å². The SMILES string of the molecule is CC(C)C(C)NC(=O)Nc1cccc(OC(F)F)c1. The number of urea groups is 1. The van der Waals surface area contributed by atoms with E-state index in [2.05, 4.69) is 15.4 Å². The predicted molar refractivity (Wildman–Crippen MR) is 69.5 cm³/mol. The van der Waals surface area contributed by atoms with Gasteiger partial charge >= 0.3 is 12.6 Å². The quantitative estimate of drug-likeness (QED) is 0.862. The van der Waals surface area contributed by atoms with Crippen molar-refractivity contribution in [2.75, 3.05) is 5.32 Å². The second kappa shape index (κ2) is 6.92. The first kappa shape index (κ1) is 15.2. The van der Waals surface area contributed by atoms with E-state index in [9.17, 15) is 13.6 Å². The molecule has 4 nitrogen and oxygen atoms in total. The molecule has 0 spiro atoms. The van der Waals surface area contributed by atoms with E-state index in [1.165, 1.54) is 18.2 Å². The highest BCUT2D eigenvalue weighted by atomic mass is 19.3. The molecule has 0 aliphatic heterocycles. The van der Waals surface area contributed by atoms with Gasteiger partial charge in [0.05, 0.1) is 0 Å². The normalized spacial score (nSPS) is 12.4. The molecule has 1 unspecified atom stereocenters. The first-order chi connectivity index (χ1) is 8.88. The third-order valence-electron chi connectivity index (χ3n) is 2.68. The number of ether oxygens (including phenoxy) is 1.